The summed E-state index contributed by atoms with van der Waals surface area (Å²) in [5.41, 5.74) is 1.31. The zero-order valence-electron chi connectivity index (χ0n) is 16.2. The van der Waals surface area contributed by atoms with Crippen molar-refractivity contribution in [3.63, 3.8) is 0 Å². The van der Waals surface area contributed by atoms with Crippen LogP contribution in [0.5, 0.6) is 0 Å². The van der Waals surface area contributed by atoms with Gasteiger partial charge in [-0.05, 0) is 30.7 Å². The Morgan fingerprint density at radius 2 is 1.97 bits per heavy atom. The molecule has 3 heterocycles. The molecule has 1 N–H and O–H groups in total. The van der Waals surface area contributed by atoms with Crippen molar-refractivity contribution in [2.24, 2.45) is 7.05 Å². The van der Waals surface area contributed by atoms with Crippen molar-refractivity contribution in [2.75, 3.05) is 11.9 Å². The van der Waals surface area contributed by atoms with Crippen molar-refractivity contribution in [3.05, 3.63) is 60.4 Å². The third-order valence-electron chi connectivity index (χ3n) is 4.88. The highest BCUT2D eigenvalue weighted by molar-refractivity contribution is 7.89. The van der Waals surface area contributed by atoms with Crippen LogP contribution in [0.2, 0.25) is 0 Å². The van der Waals surface area contributed by atoms with E-state index in [1.807, 2.05) is 17.0 Å². The fourth-order valence-electron chi connectivity index (χ4n) is 3.62. The molecule has 0 fully saturated rings. The van der Waals surface area contributed by atoms with Crippen LogP contribution < -0.4 is 5.32 Å². The average Bonchev–Trinajstić information content (AvgIpc) is 3.26. The highest BCUT2D eigenvalue weighted by Gasteiger charge is 2.37. The molecular weight excluding hydrogens is 392 g/mol. The van der Waals surface area contributed by atoms with Crippen LogP contribution in [0.3, 0.4) is 0 Å². The second kappa shape index (κ2) is 7.45. The number of carbonyl (C=O) groups is 1. The number of nitrogens with one attached hydrogen (secondary N) is 1. The van der Waals surface area contributed by atoms with Gasteiger partial charge in [0.2, 0.25) is 15.9 Å². The van der Waals surface area contributed by atoms with Crippen LogP contribution in [0.25, 0.3) is 0 Å². The minimum absolute atomic E-state index is 0.167. The molecule has 1 aliphatic rings. The Kier molecular flexibility index (Phi) is 4.97. The Labute approximate surface area is 169 Å². The van der Waals surface area contributed by atoms with E-state index in [-0.39, 0.29) is 10.8 Å². The molecule has 0 bridgehead atoms. The molecule has 29 heavy (non-hydrogen) atoms. The van der Waals surface area contributed by atoms with Crippen molar-refractivity contribution in [2.45, 2.75) is 30.8 Å². The summed E-state index contributed by atoms with van der Waals surface area (Å²) in [4.78, 5) is 15.8. The number of benzene rings is 1. The Morgan fingerprint density at radius 1 is 1.21 bits per heavy atom. The van der Waals surface area contributed by atoms with Crippen LogP contribution >= 0.6 is 0 Å². The van der Waals surface area contributed by atoms with E-state index < -0.39 is 16.1 Å². The number of rotatable bonds is 4. The summed E-state index contributed by atoms with van der Waals surface area (Å²) in [6, 6.07) is 5.63. The van der Waals surface area contributed by atoms with E-state index in [4.69, 9.17) is 0 Å². The van der Waals surface area contributed by atoms with Gasteiger partial charge in [0, 0.05) is 56.9 Å². The maximum Gasteiger partial charge on any atom is 0.244 e. The Morgan fingerprint density at radius 3 is 2.62 bits per heavy atom. The highest BCUT2D eigenvalue weighted by Crippen LogP contribution is 2.34. The Bertz CT molecular complexity index is 1130. The Hall–Kier alpha value is -2.98. The number of imidazole rings is 1. The molecule has 3 aromatic rings. The third-order valence-corrected chi connectivity index (χ3v) is 6.76. The molecule has 2 aromatic heterocycles. The SMILES string of the molecule is CC(=O)Nc1ccc(S(=O)(=O)N2CCCn3ccnc3C2c2cnn(C)c2)cc1. The van der Waals surface area contributed by atoms with Gasteiger partial charge < -0.3 is 9.88 Å². The molecule has 1 aromatic carbocycles. The lowest BCUT2D eigenvalue weighted by atomic mass is 10.1. The summed E-state index contributed by atoms with van der Waals surface area (Å²) in [5.74, 6) is 0.463. The fourth-order valence-corrected chi connectivity index (χ4v) is 5.23. The van der Waals surface area contributed by atoms with Gasteiger partial charge in [-0.3, -0.25) is 9.48 Å². The summed E-state index contributed by atoms with van der Waals surface area (Å²) < 4.78 is 32.3. The van der Waals surface area contributed by atoms with E-state index in [0.29, 0.717) is 31.0 Å². The van der Waals surface area contributed by atoms with Crippen molar-refractivity contribution < 1.29 is 13.2 Å². The van der Waals surface area contributed by atoms with Crippen LogP contribution in [0.1, 0.15) is 30.8 Å². The molecule has 0 radical (unpaired) electrons. The van der Waals surface area contributed by atoms with Gasteiger partial charge in [0.15, 0.2) is 0 Å². The number of amides is 1. The van der Waals surface area contributed by atoms with E-state index in [1.165, 1.54) is 23.4 Å². The van der Waals surface area contributed by atoms with Gasteiger partial charge >= 0.3 is 0 Å². The van der Waals surface area contributed by atoms with Gasteiger partial charge in [0.25, 0.3) is 0 Å². The van der Waals surface area contributed by atoms with Crippen LogP contribution in [-0.4, -0.2) is 44.5 Å². The normalized spacial score (nSPS) is 17.5. The van der Waals surface area contributed by atoms with Crippen molar-refractivity contribution in [3.8, 4) is 0 Å². The predicted molar refractivity (Wildman–Crippen MR) is 107 cm³/mol. The maximum absolute atomic E-state index is 13.6. The lowest BCUT2D eigenvalue weighted by molar-refractivity contribution is -0.114. The zero-order valence-corrected chi connectivity index (χ0v) is 17.0. The van der Waals surface area contributed by atoms with Gasteiger partial charge in [-0.15, -0.1) is 0 Å². The summed E-state index contributed by atoms with van der Waals surface area (Å²) >= 11 is 0. The number of hydrogen-bond acceptors (Lipinski definition) is 5. The average molecular weight is 414 g/mol. The van der Waals surface area contributed by atoms with Crippen LogP contribution in [0.15, 0.2) is 53.9 Å². The number of fused-ring (bicyclic) bond motifs is 1. The topological polar surface area (TPSA) is 102 Å². The first-order chi connectivity index (χ1) is 13.9. The molecule has 1 aliphatic heterocycles. The minimum atomic E-state index is -3.81. The molecule has 1 atom stereocenters. The lowest BCUT2D eigenvalue weighted by Gasteiger charge is -2.28. The molecule has 1 amide bonds. The Balaban J connectivity index is 1.77. The summed E-state index contributed by atoms with van der Waals surface area (Å²) in [5, 5.41) is 6.87. The number of sulfonamides is 1. The molecule has 9 nitrogen and oxygen atoms in total. The standard InChI is InChI=1S/C19H22N6O3S/c1-14(26)22-16-4-6-17(7-5-16)29(27,28)25-10-3-9-24-11-8-20-19(24)18(25)15-12-21-23(2)13-15/h4-8,11-13,18H,3,9-10H2,1-2H3,(H,22,26). The van der Waals surface area contributed by atoms with E-state index >= 15 is 0 Å². The number of anilines is 1. The van der Waals surface area contributed by atoms with E-state index in [1.54, 1.807) is 36.3 Å². The smallest absolute Gasteiger partial charge is 0.244 e. The number of nitrogens with zero attached hydrogens (tertiary/aromatic N) is 5. The molecule has 0 aliphatic carbocycles. The van der Waals surface area contributed by atoms with Gasteiger partial charge in [-0.1, -0.05) is 0 Å². The van der Waals surface area contributed by atoms with Crippen LogP contribution in [-0.2, 0) is 28.4 Å². The maximum atomic E-state index is 13.6. The molecule has 0 saturated heterocycles. The minimum Gasteiger partial charge on any atom is -0.333 e. The van der Waals surface area contributed by atoms with E-state index in [9.17, 15) is 13.2 Å². The zero-order chi connectivity index (χ0) is 20.6. The molecule has 1 unspecified atom stereocenters. The lowest BCUT2D eigenvalue weighted by Crippen LogP contribution is -2.36. The molecular formula is C19H22N6O3S. The first-order valence-corrected chi connectivity index (χ1v) is 10.7. The fraction of sp³-hybridized carbons (Fsp3) is 0.316. The van der Waals surface area contributed by atoms with Gasteiger partial charge in [-0.2, -0.15) is 9.40 Å². The largest absolute Gasteiger partial charge is 0.333 e. The number of aromatic nitrogens is 4. The monoisotopic (exact) mass is 414 g/mol. The van der Waals surface area contributed by atoms with Crippen LogP contribution in [0.4, 0.5) is 5.69 Å². The predicted octanol–water partition coefficient (Wildman–Crippen LogP) is 1.76. The van der Waals surface area contributed by atoms with Crippen LogP contribution in [0, 0.1) is 0 Å². The van der Waals surface area contributed by atoms with Gasteiger partial charge in [-0.25, -0.2) is 13.4 Å². The number of carbonyl (C=O) groups excluding carboxylic acids is 1. The van der Waals surface area contributed by atoms with Gasteiger partial charge in [0.1, 0.15) is 11.9 Å². The second-order valence-corrected chi connectivity index (χ2v) is 8.89. The molecule has 0 spiro atoms. The molecule has 0 saturated carbocycles. The van der Waals surface area contributed by atoms with E-state index in [2.05, 4.69) is 15.4 Å². The summed E-state index contributed by atoms with van der Waals surface area (Å²) in [7, 11) is -2.01. The highest BCUT2D eigenvalue weighted by atomic mass is 32.2. The summed E-state index contributed by atoms with van der Waals surface area (Å²) in [6.07, 6.45) is 7.73. The van der Waals surface area contributed by atoms with Crippen molar-refractivity contribution >= 4 is 21.6 Å². The first kappa shape index (κ1) is 19.3. The molecule has 4 rings (SSSR count). The summed E-state index contributed by atoms with van der Waals surface area (Å²) in [6.45, 7) is 2.46. The molecule has 152 valence electrons. The van der Waals surface area contributed by atoms with Crippen molar-refractivity contribution in [1.29, 1.82) is 0 Å². The quantitative estimate of drug-likeness (QED) is 0.701. The third kappa shape index (κ3) is 3.68. The number of hydrogen-bond donors (Lipinski definition) is 1. The molecule has 10 heteroatoms. The number of aryl methyl sites for hydroxylation is 2. The van der Waals surface area contributed by atoms with Crippen molar-refractivity contribution in [1.82, 2.24) is 23.6 Å². The van der Waals surface area contributed by atoms with E-state index in [0.717, 1.165) is 5.56 Å². The van der Waals surface area contributed by atoms with Gasteiger partial charge in [0.05, 0.1) is 11.1 Å². The first-order valence-electron chi connectivity index (χ1n) is 9.25. The second-order valence-electron chi connectivity index (χ2n) is 7.00.